The predicted molar refractivity (Wildman–Crippen MR) is 67.8 cm³/mol. The molecular weight excluding hydrogens is 300 g/mol. The third kappa shape index (κ3) is 1.82. The number of halogens is 1. The second kappa shape index (κ2) is 4.53. The van der Waals surface area contributed by atoms with E-state index in [0.29, 0.717) is 5.56 Å². The van der Waals surface area contributed by atoms with Gasteiger partial charge in [-0.1, -0.05) is 35.0 Å². The van der Waals surface area contributed by atoms with Crippen molar-refractivity contribution < 1.29 is 14.4 Å². The number of hydrogen-bond acceptors (Lipinski definition) is 3. The smallest absolute Gasteiger partial charge is 0.277 e. The van der Waals surface area contributed by atoms with Gasteiger partial charge in [0.2, 0.25) is 11.8 Å². The Kier molecular flexibility index (Phi) is 3.21. The van der Waals surface area contributed by atoms with Crippen LogP contribution < -0.4 is 10.6 Å². The van der Waals surface area contributed by atoms with Crippen molar-refractivity contribution >= 4 is 33.8 Å². The molecule has 4 amide bonds. The van der Waals surface area contributed by atoms with Gasteiger partial charge in [0.1, 0.15) is 0 Å². The topological polar surface area (TPSA) is 75.3 Å². The highest BCUT2D eigenvalue weighted by atomic mass is 79.9. The monoisotopic (exact) mass is 310 g/mol. The minimum Gasteiger partial charge on any atom is -0.277 e. The van der Waals surface area contributed by atoms with Crippen molar-refractivity contribution in [1.29, 1.82) is 0 Å². The summed E-state index contributed by atoms with van der Waals surface area (Å²) in [6, 6.07) is 6.18. The predicted octanol–water partition coefficient (Wildman–Crippen LogP) is 1.46. The van der Waals surface area contributed by atoms with Gasteiger partial charge in [0.25, 0.3) is 0 Å². The number of hydrogen-bond donors (Lipinski definition) is 2. The van der Waals surface area contributed by atoms with E-state index >= 15 is 0 Å². The van der Waals surface area contributed by atoms with Crippen LogP contribution in [0.1, 0.15) is 18.9 Å². The molecule has 0 atom stereocenters. The van der Waals surface area contributed by atoms with Crippen LogP contribution in [0.2, 0.25) is 0 Å². The van der Waals surface area contributed by atoms with Crippen LogP contribution in [0.15, 0.2) is 28.7 Å². The zero-order valence-electron chi connectivity index (χ0n) is 9.62. The van der Waals surface area contributed by atoms with Gasteiger partial charge in [-0.05, 0) is 24.1 Å². The maximum atomic E-state index is 12.1. The zero-order chi connectivity index (χ0) is 13.3. The molecule has 1 heterocycles. The lowest BCUT2D eigenvalue weighted by molar-refractivity contribution is -0.138. The van der Waals surface area contributed by atoms with Gasteiger partial charge in [-0.15, -0.1) is 0 Å². The summed E-state index contributed by atoms with van der Waals surface area (Å²) in [5.41, 5.74) is -0.792. The number of carbonyl (C=O) groups is 3. The molecule has 1 fully saturated rings. The number of benzene rings is 1. The van der Waals surface area contributed by atoms with Gasteiger partial charge in [-0.25, -0.2) is 4.79 Å². The van der Waals surface area contributed by atoms with E-state index in [0.717, 1.165) is 4.47 Å². The van der Waals surface area contributed by atoms with Crippen LogP contribution >= 0.6 is 15.9 Å². The standard InChI is InChI=1S/C12H11BrN2O3/c1-2-12(7-4-3-5-8(13)6-7)9(16)14-11(18)15-10(12)17/h3-6H,2H2,1H3,(H2,14,15,16,17,18). The van der Waals surface area contributed by atoms with Crippen LogP contribution in [0.25, 0.3) is 0 Å². The molecule has 1 aliphatic rings. The van der Waals surface area contributed by atoms with E-state index in [1.54, 1.807) is 31.2 Å². The first kappa shape index (κ1) is 12.8. The van der Waals surface area contributed by atoms with Crippen molar-refractivity contribution in [3.63, 3.8) is 0 Å². The highest BCUT2D eigenvalue weighted by Gasteiger charge is 2.50. The quantitative estimate of drug-likeness (QED) is 0.812. The first-order valence-corrected chi connectivity index (χ1v) is 6.23. The van der Waals surface area contributed by atoms with E-state index in [2.05, 4.69) is 26.6 Å². The Morgan fingerprint density at radius 3 is 2.28 bits per heavy atom. The molecule has 1 aromatic rings. The van der Waals surface area contributed by atoms with Crippen molar-refractivity contribution in [2.24, 2.45) is 0 Å². The second-order valence-corrected chi connectivity index (χ2v) is 4.92. The fraction of sp³-hybridized carbons (Fsp3) is 0.250. The zero-order valence-corrected chi connectivity index (χ0v) is 11.2. The fourth-order valence-corrected chi connectivity index (χ4v) is 2.49. The van der Waals surface area contributed by atoms with E-state index in [1.807, 2.05) is 0 Å². The maximum Gasteiger partial charge on any atom is 0.328 e. The van der Waals surface area contributed by atoms with Gasteiger partial charge in [0.15, 0.2) is 5.41 Å². The molecule has 0 aliphatic carbocycles. The fourth-order valence-electron chi connectivity index (χ4n) is 2.10. The van der Waals surface area contributed by atoms with Crippen LogP contribution in [0, 0.1) is 0 Å². The van der Waals surface area contributed by atoms with Crippen LogP contribution in [-0.2, 0) is 15.0 Å². The Balaban J connectivity index is 2.57. The Labute approximate surface area is 112 Å². The summed E-state index contributed by atoms with van der Waals surface area (Å²) in [5.74, 6) is -1.17. The molecule has 1 aliphatic heterocycles. The van der Waals surface area contributed by atoms with E-state index in [1.165, 1.54) is 0 Å². The molecular formula is C12H11BrN2O3. The summed E-state index contributed by atoms with van der Waals surface area (Å²) >= 11 is 3.30. The number of nitrogens with one attached hydrogen (secondary N) is 2. The van der Waals surface area contributed by atoms with Crippen LogP contribution in [0.3, 0.4) is 0 Å². The molecule has 18 heavy (non-hydrogen) atoms. The third-order valence-electron chi connectivity index (χ3n) is 3.08. The maximum absolute atomic E-state index is 12.1. The lowest BCUT2D eigenvalue weighted by atomic mass is 9.75. The average Bonchev–Trinajstić information content (AvgIpc) is 2.29. The van der Waals surface area contributed by atoms with E-state index < -0.39 is 23.3 Å². The molecule has 1 saturated heterocycles. The number of rotatable bonds is 2. The Morgan fingerprint density at radius 2 is 1.78 bits per heavy atom. The van der Waals surface area contributed by atoms with Crippen molar-refractivity contribution in [2.75, 3.05) is 0 Å². The number of carbonyl (C=O) groups excluding carboxylic acids is 3. The Bertz CT molecular complexity index is 522. The molecule has 1 aromatic carbocycles. The van der Waals surface area contributed by atoms with Gasteiger partial charge >= 0.3 is 6.03 Å². The number of amides is 4. The van der Waals surface area contributed by atoms with Gasteiger partial charge in [-0.2, -0.15) is 0 Å². The van der Waals surface area contributed by atoms with Crippen LogP contribution in [0.5, 0.6) is 0 Å². The van der Waals surface area contributed by atoms with E-state index in [9.17, 15) is 14.4 Å². The third-order valence-corrected chi connectivity index (χ3v) is 3.57. The molecule has 0 radical (unpaired) electrons. The molecule has 94 valence electrons. The van der Waals surface area contributed by atoms with Crippen molar-refractivity contribution in [2.45, 2.75) is 18.8 Å². The van der Waals surface area contributed by atoms with E-state index in [-0.39, 0.29) is 6.42 Å². The second-order valence-electron chi connectivity index (χ2n) is 4.01. The highest BCUT2D eigenvalue weighted by Crippen LogP contribution is 2.32. The minimum atomic E-state index is -1.35. The van der Waals surface area contributed by atoms with Gasteiger partial charge in [0, 0.05) is 4.47 Å². The minimum absolute atomic E-state index is 0.272. The first-order chi connectivity index (χ1) is 8.50. The number of urea groups is 1. The Morgan fingerprint density at radius 1 is 1.17 bits per heavy atom. The molecule has 6 heteroatoms. The summed E-state index contributed by atoms with van der Waals surface area (Å²) in [4.78, 5) is 35.3. The molecule has 0 aromatic heterocycles. The molecule has 0 spiro atoms. The van der Waals surface area contributed by atoms with Crippen LogP contribution in [-0.4, -0.2) is 17.8 Å². The van der Waals surface area contributed by atoms with Gasteiger partial charge in [0.05, 0.1) is 0 Å². The van der Waals surface area contributed by atoms with Crippen LogP contribution in [0.4, 0.5) is 4.79 Å². The number of imide groups is 2. The summed E-state index contributed by atoms with van der Waals surface area (Å²) in [6.45, 7) is 1.73. The summed E-state index contributed by atoms with van der Waals surface area (Å²) in [5, 5.41) is 4.29. The van der Waals surface area contributed by atoms with Crippen molar-refractivity contribution in [3.8, 4) is 0 Å². The summed E-state index contributed by atoms with van der Waals surface area (Å²) in [7, 11) is 0. The lowest BCUT2D eigenvalue weighted by Gasteiger charge is -2.33. The van der Waals surface area contributed by atoms with Gasteiger partial charge < -0.3 is 0 Å². The average molecular weight is 311 g/mol. The summed E-state index contributed by atoms with van der Waals surface area (Å²) in [6.07, 6.45) is 0.272. The molecule has 0 saturated carbocycles. The van der Waals surface area contributed by atoms with E-state index in [4.69, 9.17) is 0 Å². The SMILES string of the molecule is CCC1(c2cccc(Br)c2)C(=O)NC(=O)NC1=O. The molecule has 2 N–H and O–H groups in total. The Hall–Kier alpha value is -1.69. The van der Waals surface area contributed by atoms with Crippen molar-refractivity contribution in [1.82, 2.24) is 10.6 Å². The van der Waals surface area contributed by atoms with Gasteiger partial charge in [-0.3, -0.25) is 20.2 Å². The largest absolute Gasteiger partial charge is 0.328 e. The molecule has 5 nitrogen and oxygen atoms in total. The number of barbiturate groups is 1. The highest BCUT2D eigenvalue weighted by molar-refractivity contribution is 9.10. The molecule has 0 unspecified atom stereocenters. The normalized spacial score (nSPS) is 18.2. The first-order valence-electron chi connectivity index (χ1n) is 5.43. The molecule has 2 rings (SSSR count). The lowest BCUT2D eigenvalue weighted by Crippen LogP contribution is -2.64. The molecule has 0 bridgehead atoms. The van der Waals surface area contributed by atoms with Crippen molar-refractivity contribution in [3.05, 3.63) is 34.3 Å². The summed E-state index contributed by atoms with van der Waals surface area (Å²) < 4.78 is 0.769.